The lowest BCUT2D eigenvalue weighted by molar-refractivity contribution is 0.103. The van der Waals surface area contributed by atoms with Crippen molar-refractivity contribution in [3.63, 3.8) is 0 Å². The molecule has 10 heteroatoms. The number of amides is 1. The summed E-state index contributed by atoms with van der Waals surface area (Å²) in [7, 11) is 0. The molecule has 0 atom stereocenters. The van der Waals surface area contributed by atoms with Crippen molar-refractivity contribution < 1.29 is 4.79 Å². The molecule has 8 nitrogen and oxygen atoms in total. The summed E-state index contributed by atoms with van der Waals surface area (Å²) < 4.78 is 3.30. The van der Waals surface area contributed by atoms with E-state index in [1.807, 2.05) is 30.5 Å². The first-order valence-electron chi connectivity index (χ1n) is 8.97. The Morgan fingerprint density at radius 2 is 1.97 bits per heavy atom. The smallest absolute Gasteiger partial charge is 0.266 e. The van der Waals surface area contributed by atoms with Gasteiger partial charge in [-0.15, -0.1) is 11.3 Å². The zero-order valence-corrected chi connectivity index (χ0v) is 17.2. The molecule has 1 aromatic carbocycles. The Balaban J connectivity index is 1.59. The first-order valence-corrected chi connectivity index (χ1v) is 10.2. The zero-order valence-electron chi connectivity index (χ0n) is 15.7. The Labute approximate surface area is 179 Å². The molecule has 0 aliphatic heterocycles. The number of hydrogen-bond acceptors (Lipinski definition) is 6. The minimum Gasteiger partial charge on any atom is -0.306 e. The van der Waals surface area contributed by atoms with Crippen LogP contribution in [0.3, 0.4) is 0 Å². The highest BCUT2D eigenvalue weighted by molar-refractivity contribution is 7.12. The van der Waals surface area contributed by atoms with Gasteiger partial charge < -0.3 is 5.32 Å². The van der Waals surface area contributed by atoms with Crippen LogP contribution < -0.4 is 5.32 Å². The number of aryl methyl sites for hydroxylation is 1. The molecule has 0 unspecified atom stereocenters. The molecule has 0 fully saturated rings. The molecule has 5 aromatic rings. The SMILES string of the molecule is Cc1cc(NC(=O)c2cccs2)n(-c2ncnc3c2cnn3-c2ccc(Cl)cc2)n1. The van der Waals surface area contributed by atoms with E-state index in [-0.39, 0.29) is 5.91 Å². The van der Waals surface area contributed by atoms with E-state index in [0.29, 0.717) is 32.6 Å². The number of rotatable bonds is 4. The fourth-order valence-electron chi connectivity index (χ4n) is 3.11. The van der Waals surface area contributed by atoms with Crippen molar-refractivity contribution >= 4 is 45.7 Å². The van der Waals surface area contributed by atoms with Crippen molar-refractivity contribution in [2.45, 2.75) is 6.92 Å². The van der Waals surface area contributed by atoms with Crippen LogP contribution in [-0.2, 0) is 0 Å². The zero-order chi connectivity index (χ0) is 20.7. The minimum atomic E-state index is -0.201. The molecule has 1 amide bonds. The molecule has 0 bridgehead atoms. The molecule has 0 aliphatic rings. The van der Waals surface area contributed by atoms with Gasteiger partial charge in [0.15, 0.2) is 11.5 Å². The molecule has 0 spiro atoms. The summed E-state index contributed by atoms with van der Waals surface area (Å²) in [5, 5.41) is 15.1. The number of aromatic nitrogens is 6. The van der Waals surface area contributed by atoms with E-state index in [4.69, 9.17) is 11.6 Å². The van der Waals surface area contributed by atoms with Crippen molar-refractivity contribution in [3.05, 3.63) is 76.0 Å². The van der Waals surface area contributed by atoms with Gasteiger partial charge in [0.2, 0.25) is 0 Å². The highest BCUT2D eigenvalue weighted by atomic mass is 35.5. The number of nitrogens with one attached hydrogen (secondary N) is 1. The van der Waals surface area contributed by atoms with Crippen molar-refractivity contribution in [1.82, 2.24) is 29.5 Å². The Bertz CT molecular complexity index is 1360. The van der Waals surface area contributed by atoms with Crippen LogP contribution in [0.4, 0.5) is 5.82 Å². The molecule has 148 valence electrons. The Kier molecular flexibility index (Phi) is 4.53. The summed E-state index contributed by atoms with van der Waals surface area (Å²) in [6.07, 6.45) is 3.13. The van der Waals surface area contributed by atoms with Gasteiger partial charge in [-0.25, -0.2) is 14.6 Å². The van der Waals surface area contributed by atoms with Crippen LogP contribution >= 0.6 is 22.9 Å². The van der Waals surface area contributed by atoms with Gasteiger partial charge in [-0.05, 0) is 42.6 Å². The third kappa shape index (κ3) is 3.23. The number of halogens is 1. The van der Waals surface area contributed by atoms with E-state index in [1.54, 1.807) is 39.8 Å². The number of anilines is 1. The number of carbonyl (C=O) groups is 1. The van der Waals surface area contributed by atoms with Gasteiger partial charge in [0.05, 0.1) is 27.8 Å². The maximum atomic E-state index is 12.5. The normalized spacial score (nSPS) is 11.1. The van der Waals surface area contributed by atoms with Gasteiger partial charge in [0, 0.05) is 11.1 Å². The van der Waals surface area contributed by atoms with Gasteiger partial charge in [0.1, 0.15) is 12.1 Å². The minimum absolute atomic E-state index is 0.201. The van der Waals surface area contributed by atoms with Gasteiger partial charge in [-0.2, -0.15) is 14.9 Å². The standard InChI is InChI=1S/C20H14ClN7OS/c1-12-9-17(25-20(29)16-3-2-8-30-16)28(26-12)19-15-10-24-27(18(15)22-11-23-19)14-6-4-13(21)5-7-14/h2-11H,1H3,(H,25,29). The second-order valence-corrected chi connectivity index (χ2v) is 7.87. The van der Waals surface area contributed by atoms with Crippen LogP contribution in [0.1, 0.15) is 15.4 Å². The fourth-order valence-corrected chi connectivity index (χ4v) is 3.85. The number of thiophene rings is 1. The first kappa shape index (κ1) is 18.5. The van der Waals surface area contributed by atoms with Crippen LogP contribution in [0.25, 0.3) is 22.5 Å². The van der Waals surface area contributed by atoms with Gasteiger partial charge in [-0.1, -0.05) is 17.7 Å². The quantitative estimate of drug-likeness (QED) is 0.455. The second kappa shape index (κ2) is 7.36. The Hall–Kier alpha value is -3.56. The second-order valence-electron chi connectivity index (χ2n) is 6.48. The van der Waals surface area contributed by atoms with Gasteiger partial charge >= 0.3 is 0 Å². The summed E-state index contributed by atoms with van der Waals surface area (Å²) in [6, 6.07) is 12.7. The summed E-state index contributed by atoms with van der Waals surface area (Å²) in [5.74, 6) is 0.841. The van der Waals surface area contributed by atoms with Crippen LogP contribution in [0.2, 0.25) is 5.02 Å². The average molecular weight is 436 g/mol. The molecule has 0 saturated heterocycles. The monoisotopic (exact) mass is 435 g/mol. The Morgan fingerprint density at radius 3 is 2.73 bits per heavy atom. The van der Waals surface area contributed by atoms with E-state index in [0.717, 1.165) is 11.4 Å². The van der Waals surface area contributed by atoms with Crippen LogP contribution in [0.5, 0.6) is 0 Å². The number of carbonyl (C=O) groups excluding carboxylic acids is 1. The lowest BCUT2D eigenvalue weighted by Crippen LogP contribution is -2.14. The van der Waals surface area contributed by atoms with Crippen molar-refractivity contribution in [1.29, 1.82) is 0 Å². The van der Waals surface area contributed by atoms with E-state index in [2.05, 4.69) is 25.5 Å². The van der Waals surface area contributed by atoms with Crippen LogP contribution in [-0.4, -0.2) is 35.4 Å². The molecule has 0 saturated carbocycles. The van der Waals surface area contributed by atoms with E-state index >= 15 is 0 Å². The largest absolute Gasteiger partial charge is 0.306 e. The first-order chi connectivity index (χ1) is 14.6. The van der Waals surface area contributed by atoms with E-state index in [9.17, 15) is 4.79 Å². The summed E-state index contributed by atoms with van der Waals surface area (Å²) in [6.45, 7) is 1.85. The summed E-state index contributed by atoms with van der Waals surface area (Å²) >= 11 is 7.37. The molecule has 4 heterocycles. The van der Waals surface area contributed by atoms with E-state index in [1.165, 1.54) is 17.7 Å². The molecule has 0 radical (unpaired) electrons. The third-order valence-electron chi connectivity index (χ3n) is 4.43. The van der Waals surface area contributed by atoms with Crippen LogP contribution in [0.15, 0.2) is 60.4 Å². The molecule has 4 aromatic heterocycles. The molecule has 5 rings (SSSR count). The number of nitrogens with zero attached hydrogens (tertiary/aromatic N) is 6. The predicted octanol–water partition coefficient (Wildman–Crippen LogP) is 4.28. The predicted molar refractivity (Wildman–Crippen MR) is 116 cm³/mol. The van der Waals surface area contributed by atoms with Gasteiger partial charge in [0.25, 0.3) is 5.91 Å². The van der Waals surface area contributed by atoms with Crippen molar-refractivity contribution in [3.8, 4) is 11.5 Å². The molecule has 30 heavy (non-hydrogen) atoms. The van der Waals surface area contributed by atoms with Crippen molar-refractivity contribution in [2.24, 2.45) is 0 Å². The molecule has 1 N–H and O–H groups in total. The maximum Gasteiger partial charge on any atom is 0.266 e. The Morgan fingerprint density at radius 1 is 1.13 bits per heavy atom. The summed E-state index contributed by atoms with van der Waals surface area (Å²) in [4.78, 5) is 22.0. The van der Waals surface area contributed by atoms with Crippen LogP contribution in [0, 0.1) is 6.92 Å². The number of hydrogen-bond donors (Lipinski definition) is 1. The van der Waals surface area contributed by atoms with E-state index < -0.39 is 0 Å². The maximum absolute atomic E-state index is 12.5. The topological polar surface area (TPSA) is 90.5 Å². The molecule has 0 aliphatic carbocycles. The number of fused-ring (bicyclic) bond motifs is 1. The third-order valence-corrected chi connectivity index (χ3v) is 5.56. The molecular formula is C20H14ClN7OS. The average Bonchev–Trinajstić information content (AvgIpc) is 3.48. The summed E-state index contributed by atoms with van der Waals surface area (Å²) in [5.41, 5.74) is 2.18. The van der Waals surface area contributed by atoms with Gasteiger partial charge in [-0.3, -0.25) is 4.79 Å². The highest BCUT2D eigenvalue weighted by Gasteiger charge is 2.18. The lowest BCUT2D eigenvalue weighted by Gasteiger charge is -2.08. The van der Waals surface area contributed by atoms with Crippen molar-refractivity contribution in [2.75, 3.05) is 5.32 Å². The fraction of sp³-hybridized carbons (Fsp3) is 0.0500. The highest BCUT2D eigenvalue weighted by Crippen LogP contribution is 2.25. The number of benzene rings is 1. The lowest BCUT2D eigenvalue weighted by atomic mass is 10.3. The molecular weight excluding hydrogens is 422 g/mol.